The molecule has 0 bridgehead atoms. The van der Waals surface area contributed by atoms with Gasteiger partial charge in [0.1, 0.15) is 17.3 Å². The van der Waals surface area contributed by atoms with Crippen molar-refractivity contribution >= 4 is 17.4 Å². The van der Waals surface area contributed by atoms with E-state index in [2.05, 4.69) is 15.4 Å². The van der Waals surface area contributed by atoms with E-state index in [1.165, 1.54) is 24.3 Å². The lowest BCUT2D eigenvalue weighted by atomic mass is 10.2. The Morgan fingerprint density at radius 3 is 2.30 bits per heavy atom. The number of benzene rings is 3. The fraction of sp³-hybridized carbons (Fsp3) is 0.0952. The molecular formula is C21H16F4N2O3. The van der Waals surface area contributed by atoms with Gasteiger partial charge in [0.05, 0.1) is 5.69 Å². The minimum Gasteiger partial charge on any atom is -0.455 e. The largest absolute Gasteiger partial charge is 0.573 e. The highest BCUT2D eigenvalue weighted by atomic mass is 19.4. The number of para-hydroxylation sites is 2. The van der Waals surface area contributed by atoms with Crippen molar-refractivity contribution in [2.75, 3.05) is 10.6 Å². The lowest BCUT2D eigenvalue weighted by Crippen LogP contribution is -2.20. The van der Waals surface area contributed by atoms with Gasteiger partial charge in [0.25, 0.3) is 0 Å². The van der Waals surface area contributed by atoms with Crippen molar-refractivity contribution in [3.05, 3.63) is 78.1 Å². The topological polar surface area (TPSA) is 59.6 Å². The Morgan fingerprint density at radius 1 is 0.900 bits per heavy atom. The summed E-state index contributed by atoms with van der Waals surface area (Å²) in [4.78, 5) is 12.3. The number of carbonyl (C=O) groups excluding carboxylic acids is 1. The zero-order valence-corrected chi connectivity index (χ0v) is 15.6. The average Bonchev–Trinajstić information content (AvgIpc) is 2.66. The van der Waals surface area contributed by atoms with Crippen LogP contribution in [0, 0.1) is 12.7 Å². The summed E-state index contributed by atoms with van der Waals surface area (Å²) in [6.07, 6.45) is -4.80. The van der Waals surface area contributed by atoms with E-state index < -0.39 is 24.0 Å². The fourth-order valence-corrected chi connectivity index (χ4v) is 2.49. The molecule has 3 aromatic carbocycles. The maximum atomic E-state index is 13.5. The Labute approximate surface area is 169 Å². The molecule has 30 heavy (non-hydrogen) atoms. The SMILES string of the molecule is Cc1ccc(F)cc1Oc1ccccc1NC(=O)Nc1ccc(OC(F)(F)F)cc1. The first-order valence-corrected chi connectivity index (χ1v) is 8.66. The van der Waals surface area contributed by atoms with Crippen LogP contribution < -0.4 is 20.1 Å². The van der Waals surface area contributed by atoms with Crippen molar-refractivity contribution in [1.82, 2.24) is 0 Å². The number of aryl methyl sites for hydroxylation is 1. The van der Waals surface area contributed by atoms with Crippen molar-refractivity contribution in [2.24, 2.45) is 0 Å². The number of urea groups is 1. The summed E-state index contributed by atoms with van der Waals surface area (Å²) in [6.45, 7) is 1.75. The van der Waals surface area contributed by atoms with E-state index in [0.717, 1.165) is 12.1 Å². The Kier molecular flexibility index (Phi) is 6.10. The Hall–Kier alpha value is -3.75. The molecule has 0 aliphatic heterocycles. The molecule has 0 aliphatic rings. The molecule has 9 heteroatoms. The van der Waals surface area contributed by atoms with Crippen molar-refractivity contribution < 1.29 is 31.8 Å². The Balaban J connectivity index is 1.68. The van der Waals surface area contributed by atoms with E-state index in [0.29, 0.717) is 17.0 Å². The van der Waals surface area contributed by atoms with Gasteiger partial charge in [-0.3, -0.25) is 0 Å². The second-order valence-corrected chi connectivity index (χ2v) is 6.16. The highest BCUT2D eigenvalue weighted by Crippen LogP contribution is 2.32. The third-order valence-electron chi connectivity index (χ3n) is 3.85. The van der Waals surface area contributed by atoms with Gasteiger partial charge in [0, 0.05) is 11.8 Å². The van der Waals surface area contributed by atoms with Crippen molar-refractivity contribution in [3.63, 3.8) is 0 Å². The number of amides is 2. The lowest BCUT2D eigenvalue weighted by molar-refractivity contribution is -0.274. The Bertz CT molecular complexity index is 1040. The molecule has 0 saturated heterocycles. The van der Waals surface area contributed by atoms with Gasteiger partial charge in [-0.1, -0.05) is 18.2 Å². The lowest BCUT2D eigenvalue weighted by Gasteiger charge is -2.14. The van der Waals surface area contributed by atoms with E-state index in [4.69, 9.17) is 4.74 Å². The van der Waals surface area contributed by atoms with Crippen LogP contribution in [0.25, 0.3) is 0 Å². The van der Waals surface area contributed by atoms with Crippen molar-refractivity contribution in [1.29, 1.82) is 0 Å². The standard InChI is InChI=1S/C21H16F4N2O3/c1-13-6-7-14(22)12-19(13)29-18-5-3-2-4-17(18)27-20(28)26-15-8-10-16(11-9-15)30-21(23,24)25/h2-12H,1H3,(H2,26,27,28). The van der Waals surface area contributed by atoms with Gasteiger partial charge in [0.15, 0.2) is 5.75 Å². The third kappa shape index (κ3) is 5.87. The molecule has 156 valence electrons. The first kappa shape index (κ1) is 21.0. The van der Waals surface area contributed by atoms with Crippen LogP contribution in [0.2, 0.25) is 0 Å². The van der Waals surface area contributed by atoms with Gasteiger partial charge in [-0.25, -0.2) is 9.18 Å². The molecule has 0 unspecified atom stereocenters. The van der Waals surface area contributed by atoms with Crippen LogP contribution >= 0.6 is 0 Å². The molecule has 3 aromatic rings. The minimum absolute atomic E-state index is 0.251. The maximum Gasteiger partial charge on any atom is 0.573 e. The van der Waals surface area contributed by atoms with E-state index in [1.807, 2.05) is 0 Å². The summed E-state index contributed by atoms with van der Waals surface area (Å²) in [5.74, 6) is -0.283. The summed E-state index contributed by atoms with van der Waals surface area (Å²) >= 11 is 0. The predicted molar refractivity (Wildman–Crippen MR) is 103 cm³/mol. The summed E-state index contributed by atoms with van der Waals surface area (Å²) in [5.41, 5.74) is 1.27. The van der Waals surface area contributed by atoms with Gasteiger partial charge in [-0.2, -0.15) is 0 Å². The first-order chi connectivity index (χ1) is 14.2. The molecule has 2 N–H and O–H groups in total. The number of nitrogens with one attached hydrogen (secondary N) is 2. The molecule has 0 spiro atoms. The van der Waals surface area contributed by atoms with Gasteiger partial charge in [-0.15, -0.1) is 13.2 Å². The van der Waals surface area contributed by atoms with E-state index >= 15 is 0 Å². The second kappa shape index (κ2) is 8.73. The number of hydrogen-bond acceptors (Lipinski definition) is 3. The molecule has 0 radical (unpaired) electrons. The van der Waals surface area contributed by atoms with Crippen LogP contribution in [0.1, 0.15) is 5.56 Å². The van der Waals surface area contributed by atoms with E-state index in [9.17, 15) is 22.4 Å². The summed E-state index contributed by atoms with van der Waals surface area (Å²) in [7, 11) is 0. The number of carbonyl (C=O) groups is 1. The highest BCUT2D eigenvalue weighted by Gasteiger charge is 2.30. The van der Waals surface area contributed by atoms with Crippen LogP contribution in [0.5, 0.6) is 17.2 Å². The maximum absolute atomic E-state index is 13.5. The molecule has 3 rings (SSSR count). The van der Waals surface area contributed by atoms with Crippen molar-refractivity contribution in [2.45, 2.75) is 13.3 Å². The molecule has 0 atom stereocenters. The average molecular weight is 420 g/mol. The minimum atomic E-state index is -4.80. The molecule has 0 fully saturated rings. The predicted octanol–water partition coefficient (Wildman–Crippen LogP) is 6.47. The van der Waals surface area contributed by atoms with E-state index in [-0.39, 0.29) is 11.4 Å². The number of alkyl halides is 3. The van der Waals surface area contributed by atoms with Crippen LogP contribution in [0.3, 0.4) is 0 Å². The number of halogens is 4. The molecule has 5 nitrogen and oxygen atoms in total. The Morgan fingerprint density at radius 2 is 1.60 bits per heavy atom. The monoisotopic (exact) mass is 420 g/mol. The number of hydrogen-bond donors (Lipinski definition) is 2. The quantitative estimate of drug-likeness (QED) is 0.465. The normalized spacial score (nSPS) is 11.0. The number of ether oxygens (including phenoxy) is 2. The molecular weight excluding hydrogens is 404 g/mol. The van der Waals surface area contributed by atoms with Crippen LogP contribution in [0.4, 0.5) is 33.7 Å². The zero-order chi connectivity index (χ0) is 21.7. The van der Waals surface area contributed by atoms with E-state index in [1.54, 1.807) is 37.3 Å². The smallest absolute Gasteiger partial charge is 0.455 e. The summed E-state index contributed by atoms with van der Waals surface area (Å²) < 4.78 is 59.6. The third-order valence-corrected chi connectivity index (χ3v) is 3.85. The second-order valence-electron chi connectivity index (χ2n) is 6.16. The number of rotatable bonds is 5. The molecule has 0 heterocycles. The molecule has 2 amide bonds. The molecule has 0 aliphatic carbocycles. The fourth-order valence-electron chi connectivity index (χ4n) is 2.49. The van der Waals surface area contributed by atoms with Gasteiger partial charge in [-0.05, 0) is 55.0 Å². The highest BCUT2D eigenvalue weighted by molar-refractivity contribution is 6.00. The van der Waals surface area contributed by atoms with Gasteiger partial charge < -0.3 is 20.1 Å². The summed E-state index contributed by atoms with van der Waals surface area (Å²) in [6, 6.07) is 14.7. The summed E-state index contributed by atoms with van der Waals surface area (Å²) in [5, 5.41) is 5.08. The number of anilines is 2. The zero-order valence-electron chi connectivity index (χ0n) is 15.6. The first-order valence-electron chi connectivity index (χ1n) is 8.66. The van der Waals surface area contributed by atoms with Gasteiger partial charge >= 0.3 is 12.4 Å². The molecule has 0 aromatic heterocycles. The van der Waals surface area contributed by atoms with Crippen LogP contribution in [0.15, 0.2) is 66.7 Å². The van der Waals surface area contributed by atoms with Crippen LogP contribution in [-0.4, -0.2) is 12.4 Å². The van der Waals surface area contributed by atoms with Crippen molar-refractivity contribution in [3.8, 4) is 17.2 Å². The molecule has 0 saturated carbocycles. The van der Waals surface area contributed by atoms with Gasteiger partial charge in [0.2, 0.25) is 0 Å². The van der Waals surface area contributed by atoms with Crippen LogP contribution in [-0.2, 0) is 0 Å².